The summed E-state index contributed by atoms with van der Waals surface area (Å²) in [5.74, 6) is 0.777. The number of imidazole rings is 1. The minimum Gasteiger partial charge on any atom is -0.295 e. The van der Waals surface area contributed by atoms with E-state index in [-0.39, 0.29) is 5.69 Å². The van der Waals surface area contributed by atoms with Crippen LogP contribution in [0.1, 0.15) is 5.56 Å². The van der Waals surface area contributed by atoms with Crippen LogP contribution in [-0.4, -0.2) is 23.9 Å². The van der Waals surface area contributed by atoms with Crippen LogP contribution in [0.4, 0.5) is 0 Å². The Morgan fingerprint density at radius 3 is 2.54 bits per heavy atom. The lowest BCUT2D eigenvalue weighted by Gasteiger charge is -2.08. The molecule has 4 aromatic rings. The topological polar surface area (TPSA) is 57.6 Å². The molecule has 0 N–H and O–H groups in total. The third-order valence-electron chi connectivity index (χ3n) is 4.36. The Balaban J connectivity index is 1.92. The molecule has 2 aromatic heterocycles. The van der Waals surface area contributed by atoms with Crippen LogP contribution in [0.5, 0.6) is 0 Å². The number of aromatic nitrogens is 5. The molecule has 2 aromatic carbocycles. The van der Waals surface area contributed by atoms with Gasteiger partial charge in [0.05, 0.1) is 16.7 Å². The van der Waals surface area contributed by atoms with Crippen molar-refractivity contribution in [1.29, 1.82) is 0 Å². The molecule has 6 nitrogen and oxygen atoms in total. The van der Waals surface area contributed by atoms with Gasteiger partial charge in [-0.2, -0.15) is 0 Å². The smallest absolute Gasteiger partial charge is 0.295 e. The van der Waals surface area contributed by atoms with E-state index in [0.29, 0.717) is 0 Å². The van der Waals surface area contributed by atoms with Gasteiger partial charge in [0.25, 0.3) is 0 Å². The summed E-state index contributed by atoms with van der Waals surface area (Å²) in [6.45, 7) is 2.05. The first-order valence-corrected chi connectivity index (χ1v) is 7.69. The second-order valence-electron chi connectivity index (χ2n) is 5.97. The maximum absolute atomic E-state index is 12.1. The van der Waals surface area contributed by atoms with Gasteiger partial charge in [-0.05, 0) is 31.2 Å². The van der Waals surface area contributed by atoms with Gasteiger partial charge in [0.15, 0.2) is 5.82 Å². The molecule has 4 rings (SSSR count). The fraction of sp³-hybridized carbons (Fsp3) is 0.167. The largest absolute Gasteiger partial charge is 0.328 e. The number of nitrogens with zero attached hydrogens (tertiary/aromatic N) is 5. The summed E-state index contributed by atoms with van der Waals surface area (Å²) in [4.78, 5) is 12.1. The van der Waals surface area contributed by atoms with E-state index in [1.165, 1.54) is 5.56 Å². The molecule has 0 atom stereocenters. The summed E-state index contributed by atoms with van der Waals surface area (Å²) in [5, 5.41) is 8.34. The molecular formula is C18H17N5O. The molecule has 0 aliphatic heterocycles. The Morgan fingerprint density at radius 1 is 0.958 bits per heavy atom. The van der Waals surface area contributed by atoms with Gasteiger partial charge in [0, 0.05) is 19.7 Å². The lowest BCUT2D eigenvalue weighted by molar-refractivity contribution is 0.795. The van der Waals surface area contributed by atoms with Gasteiger partial charge in [-0.1, -0.05) is 23.8 Å². The summed E-state index contributed by atoms with van der Waals surface area (Å²) in [6, 6.07) is 14.1. The minimum atomic E-state index is -0.0372. The molecule has 0 amide bonds. The maximum atomic E-state index is 12.1. The van der Waals surface area contributed by atoms with Crippen LogP contribution >= 0.6 is 0 Å². The molecule has 0 aliphatic rings. The highest BCUT2D eigenvalue weighted by Crippen LogP contribution is 2.23. The number of hydrogen-bond acceptors (Lipinski definition) is 3. The highest BCUT2D eigenvalue weighted by atomic mass is 16.1. The molecule has 24 heavy (non-hydrogen) atoms. The molecular weight excluding hydrogens is 302 g/mol. The molecule has 0 unspecified atom stereocenters. The Labute approximate surface area is 138 Å². The zero-order valence-electron chi connectivity index (χ0n) is 13.8. The molecule has 6 heteroatoms. The van der Waals surface area contributed by atoms with Crippen molar-refractivity contribution in [2.24, 2.45) is 14.1 Å². The zero-order valence-corrected chi connectivity index (χ0v) is 13.8. The van der Waals surface area contributed by atoms with Crippen molar-refractivity contribution in [2.45, 2.75) is 6.92 Å². The highest BCUT2D eigenvalue weighted by molar-refractivity contribution is 5.79. The summed E-state index contributed by atoms with van der Waals surface area (Å²) >= 11 is 0. The number of benzene rings is 2. The van der Waals surface area contributed by atoms with Gasteiger partial charge in [0.2, 0.25) is 0 Å². The van der Waals surface area contributed by atoms with E-state index in [1.54, 1.807) is 29.6 Å². The number of aryl methyl sites for hydroxylation is 3. The zero-order chi connectivity index (χ0) is 16.8. The Kier molecular flexibility index (Phi) is 3.13. The van der Waals surface area contributed by atoms with Crippen molar-refractivity contribution >= 4 is 11.0 Å². The van der Waals surface area contributed by atoms with Crippen molar-refractivity contribution in [2.75, 3.05) is 0 Å². The van der Waals surface area contributed by atoms with Crippen LogP contribution in [0.15, 0.2) is 53.6 Å². The van der Waals surface area contributed by atoms with Crippen LogP contribution in [0.3, 0.4) is 0 Å². The van der Waals surface area contributed by atoms with Crippen LogP contribution in [-0.2, 0) is 14.1 Å². The van der Waals surface area contributed by atoms with Crippen molar-refractivity contribution in [3.05, 3.63) is 64.8 Å². The summed E-state index contributed by atoms with van der Waals surface area (Å²) in [5.41, 5.74) is 4.84. The van der Waals surface area contributed by atoms with E-state index in [9.17, 15) is 4.79 Å². The van der Waals surface area contributed by atoms with Gasteiger partial charge in [-0.25, -0.2) is 4.79 Å². The summed E-state index contributed by atoms with van der Waals surface area (Å²) in [6.07, 6.45) is 1.69. The predicted molar refractivity (Wildman–Crippen MR) is 93.3 cm³/mol. The van der Waals surface area contributed by atoms with Crippen molar-refractivity contribution < 1.29 is 0 Å². The number of fused-ring (bicyclic) bond motifs is 1. The molecule has 0 fully saturated rings. The highest BCUT2D eigenvalue weighted by Gasteiger charge is 2.12. The average molecular weight is 319 g/mol. The van der Waals surface area contributed by atoms with E-state index in [2.05, 4.69) is 29.3 Å². The maximum Gasteiger partial charge on any atom is 0.328 e. The summed E-state index contributed by atoms with van der Waals surface area (Å²) in [7, 11) is 3.56. The second kappa shape index (κ2) is 5.19. The lowest BCUT2D eigenvalue weighted by Crippen LogP contribution is -2.19. The molecule has 0 saturated carbocycles. The number of hydrogen-bond donors (Lipinski definition) is 0. The Morgan fingerprint density at radius 2 is 1.75 bits per heavy atom. The van der Waals surface area contributed by atoms with Crippen LogP contribution in [0, 0.1) is 6.92 Å². The Bertz CT molecular complexity index is 1120. The van der Waals surface area contributed by atoms with Crippen LogP contribution in [0.2, 0.25) is 0 Å². The molecule has 2 heterocycles. The average Bonchev–Trinajstić information content (AvgIpc) is 3.15. The van der Waals surface area contributed by atoms with Crippen molar-refractivity contribution in [1.82, 2.24) is 23.9 Å². The summed E-state index contributed by atoms with van der Waals surface area (Å²) < 4.78 is 5.23. The van der Waals surface area contributed by atoms with Crippen molar-refractivity contribution in [3.8, 4) is 17.1 Å². The molecule has 120 valence electrons. The first-order valence-electron chi connectivity index (χ1n) is 7.69. The molecule has 0 saturated heterocycles. The van der Waals surface area contributed by atoms with E-state index in [1.807, 2.05) is 34.9 Å². The molecule has 0 bridgehead atoms. The third-order valence-corrected chi connectivity index (χ3v) is 4.36. The van der Waals surface area contributed by atoms with Gasteiger partial charge in [-0.3, -0.25) is 13.7 Å². The standard InChI is InChI=1S/C18H17N5O/c1-12-5-4-6-13(9-12)17-20-19-11-23(17)14-7-8-15-16(10-14)22(3)18(24)21(15)2/h4-11H,1-3H3. The monoisotopic (exact) mass is 319 g/mol. The van der Waals surface area contributed by atoms with Gasteiger partial charge in [-0.15, -0.1) is 10.2 Å². The van der Waals surface area contributed by atoms with E-state index in [4.69, 9.17) is 0 Å². The van der Waals surface area contributed by atoms with E-state index >= 15 is 0 Å². The first kappa shape index (κ1) is 14.4. The predicted octanol–water partition coefficient (Wildman–Crippen LogP) is 2.43. The quantitative estimate of drug-likeness (QED) is 0.570. The third kappa shape index (κ3) is 2.07. The Hall–Kier alpha value is -3.15. The minimum absolute atomic E-state index is 0.0372. The second-order valence-corrected chi connectivity index (χ2v) is 5.97. The van der Waals surface area contributed by atoms with Crippen molar-refractivity contribution in [3.63, 3.8) is 0 Å². The van der Waals surface area contributed by atoms with Gasteiger partial charge in [0.1, 0.15) is 6.33 Å². The van der Waals surface area contributed by atoms with E-state index < -0.39 is 0 Å². The van der Waals surface area contributed by atoms with Gasteiger partial charge >= 0.3 is 5.69 Å². The van der Waals surface area contributed by atoms with E-state index in [0.717, 1.165) is 28.1 Å². The van der Waals surface area contributed by atoms with Gasteiger partial charge < -0.3 is 0 Å². The SMILES string of the molecule is Cc1cccc(-c2nncn2-c2ccc3c(c2)n(C)c(=O)n3C)c1. The lowest BCUT2D eigenvalue weighted by atomic mass is 10.1. The number of rotatable bonds is 2. The fourth-order valence-electron chi connectivity index (χ4n) is 3.05. The normalized spacial score (nSPS) is 11.3. The van der Waals surface area contributed by atoms with Crippen LogP contribution in [0.25, 0.3) is 28.1 Å². The first-order chi connectivity index (χ1) is 11.6. The molecule has 0 aliphatic carbocycles. The molecule has 0 radical (unpaired) electrons. The molecule has 0 spiro atoms. The van der Waals surface area contributed by atoms with Crippen LogP contribution < -0.4 is 5.69 Å². The fourth-order valence-corrected chi connectivity index (χ4v) is 3.05.